The van der Waals surface area contributed by atoms with Crippen LogP contribution in [0.3, 0.4) is 0 Å². The number of amides is 2. The molecule has 0 spiro atoms. The molecule has 184 valence electrons. The van der Waals surface area contributed by atoms with Gasteiger partial charge in [-0.05, 0) is 29.3 Å². The number of aromatic amines is 1. The first-order valence-corrected chi connectivity index (χ1v) is 12.4. The van der Waals surface area contributed by atoms with Crippen molar-refractivity contribution in [2.45, 2.75) is 13.2 Å². The minimum atomic E-state index is -0.429. The second-order valence-electron chi connectivity index (χ2n) is 9.46. The highest BCUT2D eigenvalue weighted by molar-refractivity contribution is 6.37. The van der Waals surface area contributed by atoms with Crippen molar-refractivity contribution in [3.05, 3.63) is 119 Å². The molecule has 0 saturated heterocycles. The van der Waals surface area contributed by atoms with Gasteiger partial charge < -0.3 is 14.8 Å². The van der Waals surface area contributed by atoms with E-state index < -0.39 is 5.91 Å². The minimum absolute atomic E-state index is 0.0772. The number of nitrogens with zero attached hydrogens (tertiary/aromatic N) is 1. The monoisotopic (exact) mass is 498 g/mol. The van der Waals surface area contributed by atoms with Crippen LogP contribution >= 0.6 is 0 Å². The third-order valence-electron chi connectivity index (χ3n) is 7.19. The van der Waals surface area contributed by atoms with Gasteiger partial charge in [0.1, 0.15) is 18.1 Å². The van der Waals surface area contributed by atoms with Crippen LogP contribution in [0.25, 0.3) is 32.6 Å². The number of ether oxygens (including phenoxy) is 1. The summed E-state index contributed by atoms with van der Waals surface area (Å²) in [4.78, 5) is 32.5. The molecule has 0 fully saturated rings. The van der Waals surface area contributed by atoms with E-state index >= 15 is 0 Å². The first-order valence-electron chi connectivity index (χ1n) is 12.4. The number of aromatic hydroxyl groups is 1. The lowest BCUT2D eigenvalue weighted by Crippen LogP contribution is -2.29. The molecule has 5 aromatic carbocycles. The predicted molar refractivity (Wildman–Crippen MR) is 146 cm³/mol. The Balaban J connectivity index is 1.50. The molecule has 0 bridgehead atoms. The number of rotatable bonds is 5. The highest BCUT2D eigenvalue weighted by Gasteiger charge is 2.41. The Hall–Kier alpha value is -5.10. The van der Waals surface area contributed by atoms with Gasteiger partial charge in [-0.15, -0.1) is 0 Å². The fourth-order valence-corrected chi connectivity index (χ4v) is 5.47. The number of imide groups is 1. The second-order valence-corrected chi connectivity index (χ2v) is 9.46. The highest BCUT2D eigenvalue weighted by Crippen LogP contribution is 2.47. The molecule has 0 saturated carbocycles. The van der Waals surface area contributed by atoms with Crippen LogP contribution in [0.2, 0.25) is 0 Å². The fraction of sp³-hybridized carbons (Fsp3) is 0.0625. The van der Waals surface area contributed by atoms with E-state index in [0.29, 0.717) is 39.6 Å². The summed E-state index contributed by atoms with van der Waals surface area (Å²) in [6.07, 6.45) is 0. The van der Waals surface area contributed by atoms with Gasteiger partial charge in [0, 0.05) is 21.7 Å². The van der Waals surface area contributed by atoms with Crippen molar-refractivity contribution in [1.82, 2.24) is 9.88 Å². The van der Waals surface area contributed by atoms with E-state index in [2.05, 4.69) is 4.98 Å². The van der Waals surface area contributed by atoms with Crippen LogP contribution < -0.4 is 4.74 Å². The molecule has 38 heavy (non-hydrogen) atoms. The Morgan fingerprint density at radius 2 is 1.32 bits per heavy atom. The van der Waals surface area contributed by atoms with Crippen LogP contribution in [-0.2, 0) is 13.2 Å². The second kappa shape index (κ2) is 8.49. The molecule has 7 rings (SSSR count). The maximum absolute atomic E-state index is 13.9. The van der Waals surface area contributed by atoms with Gasteiger partial charge in [0.05, 0.1) is 28.6 Å². The molecule has 6 aromatic rings. The number of carbonyl (C=O) groups excluding carboxylic acids is 2. The number of phenols is 1. The SMILES string of the molecule is O=C1c2c(c3c4ccccc4[nH]c3c3c(OCc4ccccc4)ccc(O)c23)C(=O)N1Cc1ccccc1. The van der Waals surface area contributed by atoms with Crippen LogP contribution in [0.5, 0.6) is 11.5 Å². The van der Waals surface area contributed by atoms with Gasteiger partial charge in [-0.25, -0.2) is 0 Å². The summed E-state index contributed by atoms with van der Waals surface area (Å²) in [6, 6.07) is 30.1. The maximum atomic E-state index is 13.9. The molecule has 0 aliphatic carbocycles. The van der Waals surface area contributed by atoms with Crippen molar-refractivity contribution in [2.75, 3.05) is 0 Å². The van der Waals surface area contributed by atoms with Crippen molar-refractivity contribution in [1.29, 1.82) is 0 Å². The van der Waals surface area contributed by atoms with Gasteiger partial charge in [0.15, 0.2) is 0 Å². The van der Waals surface area contributed by atoms with E-state index in [1.807, 2.05) is 84.9 Å². The molecule has 6 nitrogen and oxygen atoms in total. The Kier molecular flexibility index (Phi) is 4.94. The van der Waals surface area contributed by atoms with E-state index in [-0.39, 0.29) is 23.8 Å². The maximum Gasteiger partial charge on any atom is 0.262 e. The number of benzene rings is 5. The van der Waals surface area contributed by atoms with E-state index in [1.165, 1.54) is 11.0 Å². The summed E-state index contributed by atoms with van der Waals surface area (Å²) in [5, 5.41) is 13.5. The van der Waals surface area contributed by atoms with Gasteiger partial charge >= 0.3 is 0 Å². The average Bonchev–Trinajstić information content (AvgIpc) is 3.45. The number of phenolic OH excluding ortho intramolecular Hbond substituents is 1. The summed E-state index contributed by atoms with van der Waals surface area (Å²) in [6.45, 7) is 0.454. The van der Waals surface area contributed by atoms with Gasteiger partial charge in [-0.1, -0.05) is 78.9 Å². The zero-order valence-electron chi connectivity index (χ0n) is 20.3. The third-order valence-corrected chi connectivity index (χ3v) is 7.19. The molecule has 2 N–H and O–H groups in total. The number of H-pyrrole nitrogens is 1. The average molecular weight is 499 g/mol. The molecule has 2 heterocycles. The van der Waals surface area contributed by atoms with Crippen molar-refractivity contribution in [2.24, 2.45) is 0 Å². The fourth-order valence-electron chi connectivity index (χ4n) is 5.47. The van der Waals surface area contributed by atoms with Crippen LogP contribution in [0.4, 0.5) is 0 Å². The molecular formula is C32H22N2O4. The van der Waals surface area contributed by atoms with Crippen molar-refractivity contribution >= 4 is 44.4 Å². The Morgan fingerprint density at radius 1 is 0.684 bits per heavy atom. The predicted octanol–water partition coefficient (Wildman–Crippen LogP) is 6.56. The van der Waals surface area contributed by atoms with E-state index in [4.69, 9.17) is 4.74 Å². The molecule has 0 radical (unpaired) electrons. The first kappa shape index (κ1) is 22.1. The van der Waals surface area contributed by atoms with Gasteiger partial charge in [-0.2, -0.15) is 0 Å². The lowest BCUT2D eigenvalue weighted by atomic mass is 9.94. The molecule has 6 heteroatoms. The van der Waals surface area contributed by atoms with Crippen molar-refractivity contribution in [3.63, 3.8) is 0 Å². The summed E-state index contributed by atoms with van der Waals surface area (Å²) in [7, 11) is 0. The number of nitrogens with one attached hydrogen (secondary N) is 1. The number of para-hydroxylation sites is 1. The smallest absolute Gasteiger partial charge is 0.262 e. The molecule has 1 aliphatic heterocycles. The molecule has 0 unspecified atom stereocenters. The number of carbonyl (C=O) groups is 2. The number of fused-ring (bicyclic) bond motifs is 8. The largest absolute Gasteiger partial charge is 0.507 e. The topological polar surface area (TPSA) is 82.6 Å². The van der Waals surface area contributed by atoms with Gasteiger partial charge in [0.2, 0.25) is 0 Å². The summed E-state index contributed by atoms with van der Waals surface area (Å²) < 4.78 is 6.27. The number of hydrogen-bond donors (Lipinski definition) is 2. The molecule has 0 atom stereocenters. The van der Waals surface area contributed by atoms with Gasteiger partial charge in [0.25, 0.3) is 11.8 Å². The van der Waals surface area contributed by atoms with Crippen LogP contribution in [-0.4, -0.2) is 26.8 Å². The normalized spacial score (nSPS) is 13.1. The Labute approximate surface area is 217 Å². The van der Waals surface area contributed by atoms with Crippen LogP contribution in [0.1, 0.15) is 31.8 Å². The standard InChI is InChI=1S/C32H22N2O4/c35-23-15-16-24(38-18-20-11-5-2-6-12-20)27-26(23)29-28(25-21-13-7-8-14-22(21)33-30(25)27)31(36)34(32(29)37)17-19-9-3-1-4-10-19/h1-16,33,35H,17-18H2. The molecule has 1 aromatic heterocycles. The number of hydrogen-bond acceptors (Lipinski definition) is 4. The zero-order chi connectivity index (χ0) is 25.8. The number of aromatic nitrogens is 1. The van der Waals surface area contributed by atoms with E-state index in [9.17, 15) is 14.7 Å². The molecular weight excluding hydrogens is 476 g/mol. The molecule has 1 aliphatic rings. The summed E-state index contributed by atoms with van der Waals surface area (Å²) in [5.41, 5.74) is 3.83. The van der Waals surface area contributed by atoms with E-state index in [1.54, 1.807) is 6.07 Å². The van der Waals surface area contributed by atoms with Crippen molar-refractivity contribution < 1.29 is 19.4 Å². The van der Waals surface area contributed by atoms with Crippen molar-refractivity contribution in [3.8, 4) is 11.5 Å². The summed E-state index contributed by atoms with van der Waals surface area (Å²) in [5.74, 6) is -0.364. The molecule has 2 amide bonds. The third kappa shape index (κ3) is 3.27. The van der Waals surface area contributed by atoms with Crippen LogP contribution in [0, 0.1) is 0 Å². The Bertz CT molecular complexity index is 1890. The summed E-state index contributed by atoms with van der Waals surface area (Å²) >= 11 is 0. The quantitative estimate of drug-likeness (QED) is 0.264. The lowest BCUT2D eigenvalue weighted by molar-refractivity contribution is 0.0643. The Morgan fingerprint density at radius 3 is 2.05 bits per heavy atom. The highest BCUT2D eigenvalue weighted by atomic mass is 16.5. The van der Waals surface area contributed by atoms with Crippen LogP contribution in [0.15, 0.2) is 97.1 Å². The zero-order valence-corrected chi connectivity index (χ0v) is 20.3. The first-order chi connectivity index (χ1) is 18.6. The minimum Gasteiger partial charge on any atom is -0.507 e. The van der Waals surface area contributed by atoms with Gasteiger partial charge in [-0.3, -0.25) is 14.5 Å². The lowest BCUT2D eigenvalue weighted by Gasteiger charge is -2.14. The van der Waals surface area contributed by atoms with E-state index in [0.717, 1.165) is 22.0 Å².